The van der Waals surface area contributed by atoms with Crippen molar-refractivity contribution < 1.29 is 24.3 Å². The molecule has 0 radical (unpaired) electrons. The lowest BCUT2D eigenvalue weighted by atomic mass is 10.0. The molecule has 3 aromatic rings. The largest absolute Gasteiger partial charge is 0.480 e. The number of carbonyl (C=O) groups excluding carboxylic acids is 3. The fourth-order valence-corrected chi connectivity index (χ4v) is 4.80. The molecule has 0 aliphatic heterocycles. The van der Waals surface area contributed by atoms with Crippen LogP contribution < -0.4 is 38.9 Å². The second-order valence-electron chi connectivity index (χ2n) is 10.7. The number of aliphatic carboxylic acids is 1. The molecule has 16 nitrogen and oxygen atoms in total. The van der Waals surface area contributed by atoms with E-state index in [9.17, 15) is 24.3 Å². The Balaban J connectivity index is 1.74. The van der Waals surface area contributed by atoms with E-state index in [0.717, 1.165) is 10.9 Å². The molecule has 0 saturated heterocycles. The number of H-pyrrole nitrogens is 2. The number of amides is 3. The van der Waals surface area contributed by atoms with E-state index >= 15 is 0 Å². The number of hydrogen-bond acceptors (Lipinski definition) is 8. The number of guanidine groups is 1. The molecule has 16 heteroatoms. The monoisotopic (exact) mass is 625 g/mol. The van der Waals surface area contributed by atoms with E-state index in [2.05, 4.69) is 35.9 Å². The molecule has 0 aliphatic carbocycles. The predicted molar refractivity (Wildman–Crippen MR) is 169 cm³/mol. The zero-order valence-electron chi connectivity index (χ0n) is 25.0. The summed E-state index contributed by atoms with van der Waals surface area (Å²) in [4.78, 5) is 65.9. The van der Waals surface area contributed by atoms with Gasteiger partial charge in [-0.2, -0.15) is 0 Å². The first-order valence-corrected chi connectivity index (χ1v) is 14.8. The average Bonchev–Trinajstić information content (AvgIpc) is 3.67. The highest BCUT2D eigenvalue weighted by Gasteiger charge is 2.30. The summed E-state index contributed by atoms with van der Waals surface area (Å²) < 4.78 is 0. The normalized spacial score (nSPS) is 13.7. The Morgan fingerprint density at radius 3 is 2.20 bits per heavy atom. The molecule has 0 saturated carbocycles. The number of para-hydroxylation sites is 1. The van der Waals surface area contributed by atoms with Crippen LogP contribution in [0.2, 0.25) is 0 Å². The smallest absolute Gasteiger partial charge is 0.326 e. The lowest BCUT2D eigenvalue weighted by Crippen LogP contribution is -2.57. The van der Waals surface area contributed by atoms with E-state index in [4.69, 9.17) is 22.9 Å². The van der Waals surface area contributed by atoms with Crippen molar-refractivity contribution in [2.75, 3.05) is 13.1 Å². The highest BCUT2D eigenvalue weighted by Crippen LogP contribution is 2.19. The number of carboxylic acids is 1. The fraction of sp³-hybridized carbons (Fsp3) is 0.448. The van der Waals surface area contributed by atoms with Crippen molar-refractivity contribution in [2.24, 2.45) is 27.9 Å². The van der Waals surface area contributed by atoms with Crippen molar-refractivity contribution in [2.45, 2.75) is 69.1 Å². The molecule has 1 aromatic carbocycles. The first-order chi connectivity index (χ1) is 21.6. The van der Waals surface area contributed by atoms with Crippen LogP contribution in [0.4, 0.5) is 0 Å². The predicted octanol–water partition coefficient (Wildman–Crippen LogP) is -1.27. The van der Waals surface area contributed by atoms with Crippen LogP contribution in [0.15, 0.2) is 48.0 Å². The van der Waals surface area contributed by atoms with E-state index in [0.29, 0.717) is 37.1 Å². The summed E-state index contributed by atoms with van der Waals surface area (Å²) in [6.07, 6.45) is 6.67. The molecule has 3 rings (SSSR count). The summed E-state index contributed by atoms with van der Waals surface area (Å²) in [7, 11) is 0. The lowest BCUT2D eigenvalue weighted by Gasteiger charge is -2.25. The molecule has 14 N–H and O–H groups in total. The standard InChI is InChI=1S/C29H43N11O5/c30-10-4-3-8-22(38-25(41)20(31)13-18-15-34-16-37-18)26(42)39-23(9-5-11-35-29(32)33)27(43)40-24(28(44)45)12-17-14-36-21-7-2-1-6-19(17)21/h1-2,6-7,14-16,20,22-24,36H,3-5,8-13,30-31H2,(H,34,37)(H,38,41)(H,39,42)(H,40,43)(H,44,45)(H4,32,33,35). The minimum absolute atomic E-state index is 0.00570. The number of nitrogens with one attached hydrogen (secondary N) is 5. The summed E-state index contributed by atoms with van der Waals surface area (Å²) in [5.41, 5.74) is 24.7. The van der Waals surface area contributed by atoms with Crippen molar-refractivity contribution in [1.82, 2.24) is 30.9 Å². The summed E-state index contributed by atoms with van der Waals surface area (Å²) in [5.74, 6) is -3.25. The molecule has 0 spiro atoms. The van der Waals surface area contributed by atoms with Gasteiger partial charge in [0, 0.05) is 48.4 Å². The number of benzene rings is 1. The van der Waals surface area contributed by atoms with Gasteiger partial charge in [0.15, 0.2) is 5.96 Å². The van der Waals surface area contributed by atoms with Gasteiger partial charge in [-0.05, 0) is 50.3 Å². The molecule has 3 amide bonds. The maximum atomic E-state index is 13.5. The SMILES string of the molecule is NCCCCC(NC(=O)C(N)Cc1cnc[nH]1)C(=O)NC(CCCN=C(N)N)C(=O)NC(Cc1c[nH]c2ccccc12)C(=O)O. The van der Waals surface area contributed by atoms with Crippen LogP contribution in [0, 0.1) is 0 Å². The fourth-order valence-electron chi connectivity index (χ4n) is 4.80. The number of aliphatic imine (C=N–C) groups is 1. The van der Waals surface area contributed by atoms with Gasteiger partial charge in [-0.15, -0.1) is 0 Å². The highest BCUT2D eigenvalue weighted by atomic mass is 16.4. The van der Waals surface area contributed by atoms with E-state index in [1.807, 2.05) is 24.3 Å². The summed E-state index contributed by atoms with van der Waals surface area (Å²) >= 11 is 0. The quantitative estimate of drug-likeness (QED) is 0.0428. The van der Waals surface area contributed by atoms with Crippen LogP contribution in [-0.4, -0.2) is 87.0 Å². The minimum Gasteiger partial charge on any atom is -0.480 e. The molecule has 244 valence electrons. The van der Waals surface area contributed by atoms with Gasteiger partial charge in [0.25, 0.3) is 0 Å². The maximum absolute atomic E-state index is 13.5. The Kier molecular flexibility index (Phi) is 13.3. The van der Waals surface area contributed by atoms with E-state index in [-0.39, 0.29) is 38.2 Å². The van der Waals surface area contributed by atoms with Crippen LogP contribution in [0.3, 0.4) is 0 Å². The Morgan fingerprint density at radius 2 is 1.56 bits per heavy atom. The van der Waals surface area contributed by atoms with Crippen molar-refractivity contribution in [3.05, 3.63) is 54.2 Å². The van der Waals surface area contributed by atoms with E-state index in [1.165, 1.54) is 6.33 Å². The number of imidazole rings is 1. The molecular weight excluding hydrogens is 582 g/mol. The number of rotatable bonds is 19. The summed E-state index contributed by atoms with van der Waals surface area (Å²) in [5, 5.41) is 18.7. The van der Waals surface area contributed by atoms with Crippen LogP contribution in [-0.2, 0) is 32.0 Å². The van der Waals surface area contributed by atoms with Crippen LogP contribution in [0.25, 0.3) is 10.9 Å². The number of nitrogens with two attached hydrogens (primary N) is 4. The van der Waals surface area contributed by atoms with Gasteiger partial charge >= 0.3 is 5.97 Å². The van der Waals surface area contributed by atoms with Gasteiger partial charge < -0.3 is 54.0 Å². The number of carbonyl (C=O) groups is 4. The molecule has 2 heterocycles. The number of unbranched alkanes of at least 4 members (excludes halogenated alkanes) is 1. The Bertz CT molecular complexity index is 1440. The van der Waals surface area contributed by atoms with Crippen molar-refractivity contribution in [1.29, 1.82) is 0 Å². The van der Waals surface area contributed by atoms with Gasteiger partial charge in [-0.3, -0.25) is 19.4 Å². The maximum Gasteiger partial charge on any atom is 0.326 e. The molecule has 4 atom stereocenters. The van der Waals surface area contributed by atoms with Crippen LogP contribution >= 0.6 is 0 Å². The number of aromatic amines is 2. The molecular formula is C29H43N11O5. The molecule has 0 aliphatic rings. The Morgan fingerprint density at radius 1 is 0.889 bits per heavy atom. The molecule has 45 heavy (non-hydrogen) atoms. The van der Waals surface area contributed by atoms with Crippen molar-refractivity contribution in [3.8, 4) is 0 Å². The summed E-state index contributed by atoms with van der Waals surface area (Å²) in [6, 6.07) is 2.99. The third-order valence-corrected chi connectivity index (χ3v) is 7.20. The van der Waals surface area contributed by atoms with Crippen molar-refractivity contribution >= 4 is 40.6 Å². The number of nitrogens with zero attached hydrogens (tertiary/aromatic N) is 2. The highest BCUT2D eigenvalue weighted by molar-refractivity contribution is 5.94. The van der Waals surface area contributed by atoms with Crippen LogP contribution in [0.5, 0.6) is 0 Å². The minimum atomic E-state index is -1.28. The first kappa shape index (κ1) is 34.5. The molecule has 2 aromatic heterocycles. The zero-order valence-corrected chi connectivity index (χ0v) is 25.0. The lowest BCUT2D eigenvalue weighted by molar-refractivity contribution is -0.142. The zero-order chi connectivity index (χ0) is 32.8. The Hall–Kier alpha value is -4.96. The average molecular weight is 626 g/mol. The third-order valence-electron chi connectivity index (χ3n) is 7.20. The topological polar surface area (TPSA) is 286 Å². The van der Waals surface area contributed by atoms with Crippen LogP contribution in [0.1, 0.15) is 43.4 Å². The molecule has 0 bridgehead atoms. The molecule has 0 fully saturated rings. The van der Waals surface area contributed by atoms with Gasteiger partial charge in [0.1, 0.15) is 18.1 Å². The number of fused-ring (bicyclic) bond motifs is 1. The van der Waals surface area contributed by atoms with Gasteiger partial charge in [-0.25, -0.2) is 9.78 Å². The van der Waals surface area contributed by atoms with Gasteiger partial charge in [0.05, 0.1) is 12.4 Å². The first-order valence-electron chi connectivity index (χ1n) is 14.8. The Labute approximate surface area is 260 Å². The second-order valence-corrected chi connectivity index (χ2v) is 10.7. The second kappa shape index (κ2) is 17.4. The summed E-state index contributed by atoms with van der Waals surface area (Å²) in [6.45, 7) is 0.573. The van der Waals surface area contributed by atoms with E-state index < -0.39 is 47.9 Å². The van der Waals surface area contributed by atoms with Gasteiger partial charge in [0.2, 0.25) is 17.7 Å². The molecule has 4 unspecified atom stereocenters. The van der Waals surface area contributed by atoms with E-state index in [1.54, 1.807) is 12.4 Å². The number of aromatic nitrogens is 3. The number of carboxylic acid groups (broad SMARTS) is 1. The van der Waals surface area contributed by atoms with Crippen molar-refractivity contribution in [3.63, 3.8) is 0 Å². The third kappa shape index (κ3) is 10.9. The van der Waals surface area contributed by atoms with Gasteiger partial charge in [-0.1, -0.05) is 18.2 Å². The number of hydrogen-bond donors (Lipinski definition) is 10.